The highest BCUT2D eigenvalue weighted by molar-refractivity contribution is 6.74. The second-order valence-corrected chi connectivity index (χ2v) is 18.1. The summed E-state index contributed by atoms with van der Waals surface area (Å²) >= 11 is 0. The Morgan fingerprint density at radius 1 is 1.27 bits per heavy atom. The highest BCUT2D eigenvalue weighted by atomic mass is 28.4. The monoisotopic (exact) mass is 573 g/mol. The Morgan fingerprint density at radius 2 is 2.07 bits per heavy atom. The van der Waals surface area contributed by atoms with E-state index in [0.29, 0.717) is 24.7 Å². The van der Waals surface area contributed by atoms with Crippen molar-refractivity contribution in [1.29, 1.82) is 5.26 Å². The molecule has 1 saturated heterocycles. The zero-order valence-electron chi connectivity index (χ0n) is 25.5. The normalized spacial score (nSPS) is 20.8. The molecule has 0 spiro atoms. The molecule has 0 bridgehead atoms. The molecule has 1 unspecified atom stereocenters. The summed E-state index contributed by atoms with van der Waals surface area (Å²) in [7, 11) is -1.94. The number of nitriles is 1. The van der Waals surface area contributed by atoms with Crippen LogP contribution in [0.25, 0.3) is 11.3 Å². The van der Waals surface area contributed by atoms with Crippen LogP contribution in [0.5, 0.6) is 0 Å². The van der Waals surface area contributed by atoms with E-state index in [0.717, 1.165) is 60.0 Å². The number of fused-ring (bicyclic) bond motifs is 1. The molecule has 3 aromatic rings. The fourth-order valence-corrected chi connectivity index (χ4v) is 6.34. The largest absolute Gasteiger partial charge is 0.416 e. The number of hydrogen-bond acceptors (Lipinski definition) is 8. The summed E-state index contributed by atoms with van der Waals surface area (Å²) in [5.41, 5.74) is 4.90. The molecule has 0 aliphatic carbocycles. The van der Waals surface area contributed by atoms with E-state index in [1.165, 1.54) is 6.42 Å². The lowest BCUT2D eigenvalue weighted by Crippen LogP contribution is -2.45. The van der Waals surface area contributed by atoms with Gasteiger partial charge in [0.05, 0.1) is 35.3 Å². The standard InChI is InChI=1S/C31H43N7O2Si/c1-21-14-27(38(37-21)18-24-10-8-9-13-39-24)36-29-33-12-11-26(35-29)22-15-23(17-32)28-25(16-22)31(5,19-34-28)20-40-41(6,7)30(2,3)4/h11-12,14-16,24,34H,8-10,13,18-20H2,1-7H3,(H,33,35,36)/t24?,31-/m1/s1. The van der Waals surface area contributed by atoms with Crippen LogP contribution in [0.15, 0.2) is 30.5 Å². The van der Waals surface area contributed by atoms with Crippen molar-refractivity contribution in [3.05, 3.63) is 47.3 Å². The molecule has 2 atom stereocenters. The van der Waals surface area contributed by atoms with Gasteiger partial charge in [0, 0.05) is 43.0 Å². The zero-order valence-corrected chi connectivity index (χ0v) is 26.5. The van der Waals surface area contributed by atoms with E-state index in [1.807, 2.05) is 29.8 Å². The van der Waals surface area contributed by atoms with E-state index >= 15 is 0 Å². The summed E-state index contributed by atoms with van der Waals surface area (Å²) in [4.78, 5) is 9.35. The van der Waals surface area contributed by atoms with Crippen molar-refractivity contribution in [1.82, 2.24) is 19.7 Å². The summed E-state index contributed by atoms with van der Waals surface area (Å²) < 4.78 is 14.6. The Hall–Kier alpha value is -3.26. The predicted octanol–water partition coefficient (Wildman–Crippen LogP) is 6.54. The Morgan fingerprint density at radius 3 is 2.78 bits per heavy atom. The lowest BCUT2D eigenvalue weighted by molar-refractivity contribution is 0.00432. The third kappa shape index (κ3) is 6.17. The van der Waals surface area contributed by atoms with Gasteiger partial charge in [-0.15, -0.1) is 0 Å². The van der Waals surface area contributed by atoms with Crippen molar-refractivity contribution in [2.45, 2.75) is 90.1 Å². The van der Waals surface area contributed by atoms with Crippen molar-refractivity contribution in [2.24, 2.45) is 0 Å². The van der Waals surface area contributed by atoms with Gasteiger partial charge in [0.1, 0.15) is 11.9 Å². The smallest absolute Gasteiger partial charge is 0.228 e. The maximum absolute atomic E-state index is 10.0. The number of hydrogen-bond donors (Lipinski definition) is 2. The molecule has 1 aromatic carbocycles. The molecular formula is C31H43N7O2Si. The zero-order chi connectivity index (χ0) is 29.4. The lowest BCUT2D eigenvalue weighted by Gasteiger charge is -2.39. The van der Waals surface area contributed by atoms with E-state index < -0.39 is 8.32 Å². The van der Waals surface area contributed by atoms with Gasteiger partial charge in [-0.1, -0.05) is 27.7 Å². The molecule has 1 fully saturated rings. The van der Waals surface area contributed by atoms with Crippen LogP contribution in [0.3, 0.4) is 0 Å². The summed E-state index contributed by atoms with van der Waals surface area (Å²) in [6, 6.07) is 10.4. The van der Waals surface area contributed by atoms with Crippen LogP contribution < -0.4 is 10.6 Å². The summed E-state index contributed by atoms with van der Waals surface area (Å²) in [5.74, 6) is 1.31. The molecule has 218 valence electrons. The fourth-order valence-electron chi connectivity index (χ4n) is 5.23. The van der Waals surface area contributed by atoms with Crippen molar-refractivity contribution in [2.75, 3.05) is 30.4 Å². The van der Waals surface area contributed by atoms with Crippen molar-refractivity contribution in [3.8, 4) is 17.3 Å². The Labute approximate surface area is 244 Å². The van der Waals surface area contributed by atoms with E-state index in [-0.39, 0.29) is 16.6 Å². The highest BCUT2D eigenvalue weighted by Crippen LogP contribution is 2.44. The van der Waals surface area contributed by atoms with Crippen molar-refractivity contribution >= 4 is 25.8 Å². The first kappa shape index (κ1) is 29.2. The minimum absolute atomic E-state index is 0.125. The highest BCUT2D eigenvalue weighted by Gasteiger charge is 2.42. The molecular weight excluding hydrogens is 530 g/mol. The lowest BCUT2D eigenvalue weighted by atomic mass is 9.83. The van der Waals surface area contributed by atoms with Crippen LogP contribution in [0.1, 0.15) is 63.8 Å². The summed E-state index contributed by atoms with van der Waals surface area (Å²) in [6.07, 6.45) is 5.25. The van der Waals surface area contributed by atoms with Gasteiger partial charge in [0.15, 0.2) is 8.32 Å². The molecule has 2 N–H and O–H groups in total. The van der Waals surface area contributed by atoms with Crippen LogP contribution in [-0.2, 0) is 21.1 Å². The quantitative estimate of drug-likeness (QED) is 0.292. The number of rotatable bonds is 8. The molecule has 0 amide bonds. The minimum Gasteiger partial charge on any atom is -0.416 e. The van der Waals surface area contributed by atoms with Gasteiger partial charge < -0.3 is 19.8 Å². The predicted molar refractivity (Wildman–Crippen MR) is 165 cm³/mol. The second-order valence-electron chi connectivity index (χ2n) is 13.3. The number of benzene rings is 1. The van der Waals surface area contributed by atoms with Crippen LogP contribution >= 0.6 is 0 Å². The van der Waals surface area contributed by atoms with Gasteiger partial charge in [-0.25, -0.2) is 14.6 Å². The van der Waals surface area contributed by atoms with Crippen LogP contribution in [0, 0.1) is 18.3 Å². The molecule has 2 aliphatic rings. The fraction of sp³-hybridized carbons (Fsp3) is 0.548. The van der Waals surface area contributed by atoms with Crippen LogP contribution in [-0.4, -0.2) is 53.9 Å². The van der Waals surface area contributed by atoms with Gasteiger partial charge >= 0.3 is 0 Å². The molecule has 0 saturated carbocycles. The third-order valence-electron chi connectivity index (χ3n) is 8.87. The molecule has 9 nitrogen and oxygen atoms in total. The molecule has 2 aromatic heterocycles. The molecule has 5 rings (SSSR count). The molecule has 10 heteroatoms. The number of nitrogens with one attached hydrogen (secondary N) is 2. The van der Waals surface area contributed by atoms with Crippen molar-refractivity contribution < 1.29 is 9.16 Å². The molecule has 2 aliphatic heterocycles. The molecule has 0 radical (unpaired) electrons. The number of ether oxygens (including phenoxy) is 1. The Kier molecular flexibility index (Phi) is 7.98. The van der Waals surface area contributed by atoms with Crippen molar-refractivity contribution in [3.63, 3.8) is 0 Å². The van der Waals surface area contributed by atoms with E-state index in [9.17, 15) is 5.26 Å². The average Bonchev–Trinajstić information content (AvgIpc) is 3.45. The maximum atomic E-state index is 10.0. The van der Waals surface area contributed by atoms with E-state index in [4.69, 9.17) is 14.1 Å². The van der Waals surface area contributed by atoms with Gasteiger partial charge in [-0.2, -0.15) is 10.4 Å². The second kappa shape index (κ2) is 11.2. The van der Waals surface area contributed by atoms with Gasteiger partial charge in [-0.3, -0.25) is 0 Å². The van der Waals surface area contributed by atoms with Crippen LogP contribution in [0.2, 0.25) is 18.1 Å². The summed E-state index contributed by atoms with van der Waals surface area (Å²) in [5, 5.41) is 21.7. The number of anilines is 3. The summed E-state index contributed by atoms with van der Waals surface area (Å²) in [6.45, 7) is 18.3. The Balaban J connectivity index is 1.41. The molecule has 41 heavy (non-hydrogen) atoms. The Bertz CT molecular complexity index is 1450. The minimum atomic E-state index is -1.94. The van der Waals surface area contributed by atoms with Gasteiger partial charge in [0.2, 0.25) is 5.95 Å². The van der Waals surface area contributed by atoms with E-state index in [1.54, 1.807) is 6.20 Å². The first-order valence-corrected chi connectivity index (χ1v) is 17.5. The number of nitrogens with zero attached hydrogens (tertiary/aromatic N) is 5. The first-order valence-electron chi connectivity index (χ1n) is 14.6. The third-order valence-corrected chi connectivity index (χ3v) is 13.3. The average molecular weight is 574 g/mol. The van der Waals surface area contributed by atoms with Crippen LogP contribution in [0.4, 0.5) is 17.5 Å². The van der Waals surface area contributed by atoms with E-state index in [2.05, 4.69) is 73.6 Å². The van der Waals surface area contributed by atoms with Gasteiger partial charge in [-0.05, 0) is 68.1 Å². The topological polar surface area (TPSA) is 110 Å². The number of aryl methyl sites for hydroxylation is 1. The first-order chi connectivity index (χ1) is 19.4. The number of aromatic nitrogens is 4. The van der Waals surface area contributed by atoms with Gasteiger partial charge in [0.25, 0.3) is 0 Å². The molecule has 4 heterocycles. The SMILES string of the molecule is Cc1cc(Nc2nccc(-c3cc(C#N)c4c(c3)[C@@](C)(CO[Si](C)(C)C(C)(C)C)CN4)n2)n(CC2CCCCO2)n1. The maximum Gasteiger partial charge on any atom is 0.228 e.